The van der Waals surface area contributed by atoms with Crippen LogP contribution in [0.2, 0.25) is 5.02 Å². The van der Waals surface area contributed by atoms with E-state index in [4.69, 9.17) is 25.8 Å². The van der Waals surface area contributed by atoms with Crippen molar-refractivity contribution in [3.63, 3.8) is 0 Å². The molecule has 2 heterocycles. The first kappa shape index (κ1) is 36.9. The highest BCUT2D eigenvalue weighted by atomic mass is 35.5. The van der Waals surface area contributed by atoms with Crippen molar-refractivity contribution in [1.82, 2.24) is 16.0 Å². The van der Waals surface area contributed by atoms with Gasteiger partial charge in [-0.25, -0.2) is 4.79 Å². The minimum Gasteiger partial charge on any atom is -0.495 e. The molecule has 0 aliphatic carbocycles. The first-order chi connectivity index (χ1) is 22.7. The van der Waals surface area contributed by atoms with E-state index >= 15 is 0 Å². The number of aliphatic hydroxyl groups excluding tert-OH is 1. The number of aliphatic hydroxyl groups is 1. The number of ether oxygens (including phenoxy) is 3. The van der Waals surface area contributed by atoms with E-state index in [2.05, 4.69) is 16.0 Å². The molecule has 4 N–H and O–H groups in total. The van der Waals surface area contributed by atoms with E-state index in [-0.39, 0.29) is 50.0 Å². The number of carbonyl (C=O) groups is 4. The monoisotopic (exact) mass is 683 g/mol. The van der Waals surface area contributed by atoms with Crippen LogP contribution in [0, 0.1) is 17.3 Å². The van der Waals surface area contributed by atoms with Crippen molar-refractivity contribution in [3.05, 3.63) is 76.3 Å². The van der Waals surface area contributed by atoms with Gasteiger partial charge in [-0.3, -0.25) is 14.4 Å². The second kappa shape index (κ2) is 16.0. The smallest absolute Gasteiger partial charge is 0.329 e. The molecule has 0 radical (unpaired) electrons. The molecule has 6 atom stereocenters. The zero-order valence-corrected chi connectivity index (χ0v) is 29.0. The number of hydrogen-bond acceptors (Lipinski definition) is 8. The molecular formula is C36H46ClN3O8. The average Bonchev–Trinajstić information content (AvgIpc) is 3.85. The number of rotatable bonds is 8. The summed E-state index contributed by atoms with van der Waals surface area (Å²) in [6.45, 7) is 8.76. The second-order valence-corrected chi connectivity index (χ2v) is 13.8. The Kier molecular flexibility index (Phi) is 12.3. The van der Waals surface area contributed by atoms with E-state index < -0.39 is 47.3 Å². The fourth-order valence-corrected chi connectivity index (χ4v) is 5.85. The van der Waals surface area contributed by atoms with Crippen molar-refractivity contribution in [2.75, 3.05) is 13.7 Å². The van der Waals surface area contributed by atoms with E-state index in [1.54, 1.807) is 38.1 Å². The molecule has 2 aromatic carbocycles. The van der Waals surface area contributed by atoms with E-state index in [0.29, 0.717) is 16.3 Å². The first-order valence-electron chi connectivity index (χ1n) is 16.2. The van der Waals surface area contributed by atoms with Gasteiger partial charge >= 0.3 is 5.97 Å². The van der Waals surface area contributed by atoms with Crippen LogP contribution in [0.25, 0.3) is 0 Å². The van der Waals surface area contributed by atoms with E-state index in [1.807, 2.05) is 45.0 Å². The number of epoxide rings is 1. The maximum Gasteiger partial charge on any atom is 0.329 e. The van der Waals surface area contributed by atoms with E-state index in [9.17, 15) is 24.3 Å². The van der Waals surface area contributed by atoms with Crippen molar-refractivity contribution in [3.8, 4) is 5.75 Å². The summed E-state index contributed by atoms with van der Waals surface area (Å²) in [5, 5.41) is 18.2. The van der Waals surface area contributed by atoms with Crippen LogP contribution in [0.1, 0.15) is 63.8 Å². The summed E-state index contributed by atoms with van der Waals surface area (Å²) in [7, 11) is 1.50. The number of benzene rings is 2. The Morgan fingerprint density at radius 3 is 2.33 bits per heavy atom. The molecule has 260 valence electrons. The van der Waals surface area contributed by atoms with Gasteiger partial charge < -0.3 is 35.3 Å². The predicted molar refractivity (Wildman–Crippen MR) is 180 cm³/mol. The lowest BCUT2D eigenvalue weighted by molar-refractivity contribution is -0.157. The van der Waals surface area contributed by atoms with Crippen LogP contribution in [0.5, 0.6) is 5.75 Å². The van der Waals surface area contributed by atoms with Gasteiger partial charge in [0.1, 0.15) is 30.0 Å². The normalized spacial score (nSPS) is 26.5. The third-order valence-corrected chi connectivity index (χ3v) is 9.14. The number of halogens is 1. The molecule has 2 aliphatic heterocycles. The van der Waals surface area contributed by atoms with Gasteiger partial charge in [0.25, 0.3) is 0 Å². The average molecular weight is 684 g/mol. The lowest BCUT2D eigenvalue weighted by Crippen LogP contribution is -2.55. The molecular weight excluding hydrogens is 638 g/mol. The summed E-state index contributed by atoms with van der Waals surface area (Å²) in [6.07, 6.45) is 2.09. The molecule has 0 bridgehead atoms. The highest BCUT2D eigenvalue weighted by Crippen LogP contribution is 2.45. The quantitative estimate of drug-likeness (QED) is 0.242. The third kappa shape index (κ3) is 9.36. The van der Waals surface area contributed by atoms with Gasteiger partial charge in [-0.2, -0.15) is 0 Å². The molecule has 0 aromatic heterocycles. The largest absolute Gasteiger partial charge is 0.495 e. The Morgan fingerprint density at radius 1 is 1.02 bits per heavy atom. The van der Waals surface area contributed by atoms with Gasteiger partial charge in [-0.05, 0) is 54.7 Å². The van der Waals surface area contributed by atoms with Crippen molar-refractivity contribution >= 4 is 35.3 Å². The predicted octanol–water partition coefficient (Wildman–Crippen LogP) is 3.80. The number of amides is 3. The van der Waals surface area contributed by atoms with Crippen molar-refractivity contribution < 1.29 is 38.5 Å². The molecule has 4 rings (SSSR count). The number of hydrogen-bond donors (Lipinski definition) is 4. The number of carbonyl (C=O) groups excluding carboxylic acids is 4. The zero-order chi connectivity index (χ0) is 35.2. The van der Waals surface area contributed by atoms with Crippen LogP contribution in [0.3, 0.4) is 0 Å². The molecule has 0 saturated carbocycles. The van der Waals surface area contributed by atoms with E-state index in [1.165, 1.54) is 13.2 Å². The number of cyclic esters (lactones) is 1. The van der Waals surface area contributed by atoms with Gasteiger partial charge in [0.15, 0.2) is 0 Å². The first-order valence-corrected chi connectivity index (χ1v) is 16.6. The standard InChI is InChI=1S/C36H46ClN3O8/c1-20(2)30-34(44)47-27(21(3)31-32(48-31)24-13-10-22(18-41)11-14-24)8-7-9-29(42)39-26(17-23-12-15-28(46-6)25(37)16-23)33(43)38-19-36(4,5)35(45)40-30/h7,9-16,20-21,26-27,30-32,41H,8,17-19H2,1-6H3,(H,38,43)(H,39,42)(H,40,45)/b9-7+/t21?,26-,27+,30+,31?,32?/m1/s1. The van der Waals surface area contributed by atoms with Crippen LogP contribution in [0.15, 0.2) is 54.6 Å². The minimum absolute atomic E-state index is 0.0531. The molecule has 48 heavy (non-hydrogen) atoms. The summed E-state index contributed by atoms with van der Waals surface area (Å²) in [4.78, 5) is 53.7. The molecule has 2 aliphatic rings. The minimum atomic E-state index is -1.11. The zero-order valence-electron chi connectivity index (χ0n) is 28.2. The highest BCUT2D eigenvalue weighted by molar-refractivity contribution is 6.32. The van der Waals surface area contributed by atoms with Crippen molar-refractivity contribution in [1.29, 1.82) is 0 Å². The van der Waals surface area contributed by atoms with Crippen LogP contribution in [0.4, 0.5) is 0 Å². The Bertz CT molecular complexity index is 1510. The molecule has 12 heteroatoms. The van der Waals surface area contributed by atoms with Gasteiger partial charge in [0, 0.05) is 25.3 Å². The highest BCUT2D eigenvalue weighted by Gasteiger charge is 2.48. The topological polar surface area (TPSA) is 156 Å². The van der Waals surface area contributed by atoms with Crippen LogP contribution in [-0.4, -0.2) is 66.7 Å². The van der Waals surface area contributed by atoms with Crippen molar-refractivity contribution in [2.45, 2.75) is 84.5 Å². The molecule has 11 nitrogen and oxygen atoms in total. The summed E-state index contributed by atoms with van der Waals surface area (Å²) in [5.74, 6) is -2.11. The third-order valence-electron chi connectivity index (χ3n) is 8.84. The Morgan fingerprint density at radius 2 is 1.71 bits per heavy atom. The maximum atomic E-state index is 13.6. The Hall–Kier alpha value is -3.93. The van der Waals surface area contributed by atoms with Gasteiger partial charge in [0.2, 0.25) is 17.7 Å². The van der Waals surface area contributed by atoms with Gasteiger partial charge in [0.05, 0.1) is 30.3 Å². The fraction of sp³-hybridized carbons (Fsp3) is 0.500. The van der Waals surface area contributed by atoms with Crippen LogP contribution in [-0.2, 0) is 41.7 Å². The molecule has 3 amide bonds. The second-order valence-electron chi connectivity index (χ2n) is 13.4. The van der Waals surface area contributed by atoms with Crippen LogP contribution < -0.4 is 20.7 Å². The summed E-state index contributed by atoms with van der Waals surface area (Å²) < 4.78 is 17.3. The lowest BCUT2D eigenvalue weighted by atomic mass is 9.90. The van der Waals surface area contributed by atoms with Crippen molar-refractivity contribution in [2.24, 2.45) is 17.3 Å². The summed E-state index contributed by atoms with van der Waals surface area (Å²) in [5.41, 5.74) is 1.32. The fourth-order valence-electron chi connectivity index (χ4n) is 5.57. The lowest BCUT2D eigenvalue weighted by Gasteiger charge is -2.31. The van der Waals surface area contributed by atoms with Gasteiger partial charge in [-0.1, -0.05) is 68.8 Å². The number of nitrogens with one attached hydrogen (secondary N) is 3. The molecule has 1 saturated heterocycles. The number of methoxy groups -OCH3 is 1. The molecule has 3 unspecified atom stereocenters. The SMILES string of the molecule is COc1ccc(C[C@H]2NC(=O)/C=C/C[C@@H](C(C)C3OC3c3ccc(CO)cc3)OC(=O)[C@H](C(C)C)NC(=O)C(C)(C)CNC2=O)cc1Cl. The van der Waals surface area contributed by atoms with E-state index in [0.717, 1.165) is 11.1 Å². The molecule has 1 fully saturated rings. The van der Waals surface area contributed by atoms with Crippen LogP contribution >= 0.6 is 11.6 Å². The summed E-state index contributed by atoms with van der Waals surface area (Å²) in [6, 6.07) is 10.7. The summed E-state index contributed by atoms with van der Waals surface area (Å²) >= 11 is 6.32. The number of esters is 1. The Balaban J connectivity index is 1.60. The molecule has 2 aromatic rings. The van der Waals surface area contributed by atoms with Gasteiger partial charge in [-0.15, -0.1) is 0 Å². The Labute approximate surface area is 286 Å². The maximum absolute atomic E-state index is 13.6. The molecule has 0 spiro atoms.